The highest BCUT2D eigenvalue weighted by Gasteiger charge is 2.39. The Kier molecular flexibility index (Phi) is 6.00. The van der Waals surface area contributed by atoms with E-state index in [1.165, 1.54) is 13.0 Å². The van der Waals surface area contributed by atoms with Gasteiger partial charge in [0.1, 0.15) is 5.75 Å². The van der Waals surface area contributed by atoms with Crippen LogP contribution in [0.4, 0.5) is 0 Å². The van der Waals surface area contributed by atoms with E-state index in [-0.39, 0.29) is 26.7 Å². The second-order valence-corrected chi connectivity index (χ2v) is 10.5. The summed E-state index contributed by atoms with van der Waals surface area (Å²) in [5.74, 6) is -1.25. The molecule has 0 radical (unpaired) electrons. The number of amides is 1. The molecule has 2 aliphatic rings. The van der Waals surface area contributed by atoms with Crippen molar-refractivity contribution in [3.05, 3.63) is 70.8 Å². The van der Waals surface area contributed by atoms with Crippen LogP contribution in [-0.4, -0.2) is 46.4 Å². The second kappa shape index (κ2) is 8.75. The van der Waals surface area contributed by atoms with Gasteiger partial charge in [-0.05, 0) is 54.6 Å². The van der Waals surface area contributed by atoms with E-state index in [0.717, 1.165) is 22.3 Å². The molecule has 0 atom stereocenters. The summed E-state index contributed by atoms with van der Waals surface area (Å²) < 4.78 is 29.3. The van der Waals surface area contributed by atoms with E-state index in [2.05, 4.69) is 10.1 Å². The number of nitrogens with zero attached hydrogens (tertiary/aromatic N) is 3. The van der Waals surface area contributed by atoms with Gasteiger partial charge in [0, 0.05) is 0 Å². The summed E-state index contributed by atoms with van der Waals surface area (Å²) in [5.41, 5.74) is 1.90. The summed E-state index contributed by atoms with van der Waals surface area (Å²) in [6, 6.07) is 13.4. The number of amidine groups is 2. The number of hydrogen-bond acceptors (Lipinski definition) is 8. The van der Waals surface area contributed by atoms with Crippen molar-refractivity contribution in [2.45, 2.75) is 13.8 Å². The SMILES string of the molecule is CCS(=O)(=O)C1=NN2C(=N)/C(=C\c3ccc(OC(=O)c4cccc(C)c4)cc3)C(=O)N=C2S1. The van der Waals surface area contributed by atoms with Gasteiger partial charge in [-0.15, -0.1) is 5.10 Å². The van der Waals surface area contributed by atoms with Crippen LogP contribution in [0.1, 0.15) is 28.4 Å². The Bertz CT molecular complexity index is 1380. The first kappa shape index (κ1) is 22.6. The molecule has 9 nitrogen and oxygen atoms in total. The minimum atomic E-state index is -3.59. The molecule has 0 aromatic heterocycles. The lowest BCUT2D eigenvalue weighted by Crippen LogP contribution is -2.35. The second-order valence-electron chi connectivity index (χ2n) is 7.12. The van der Waals surface area contributed by atoms with Gasteiger partial charge in [-0.1, -0.05) is 36.8 Å². The first-order chi connectivity index (χ1) is 15.7. The molecule has 2 aromatic rings. The van der Waals surface area contributed by atoms with E-state index >= 15 is 0 Å². The van der Waals surface area contributed by atoms with E-state index < -0.39 is 21.7 Å². The molecule has 0 saturated carbocycles. The maximum atomic E-state index is 12.5. The molecule has 168 valence electrons. The third-order valence-corrected chi connectivity index (χ3v) is 7.83. The van der Waals surface area contributed by atoms with Gasteiger partial charge in [-0.25, -0.2) is 13.2 Å². The Balaban J connectivity index is 1.53. The van der Waals surface area contributed by atoms with Crippen LogP contribution in [0.2, 0.25) is 0 Å². The van der Waals surface area contributed by atoms with Crippen LogP contribution in [0.5, 0.6) is 5.75 Å². The van der Waals surface area contributed by atoms with Crippen LogP contribution in [0.3, 0.4) is 0 Å². The molecule has 11 heteroatoms. The van der Waals surface area contributed by atoms with Crippen LogP contribution in [0, 0.1) is 12.3 Å². The Morgan fingerprint density at radius 1 is 1.21 bits per heavy atom. The fourth-order valence-corrected chi connectivity index (χ4v) is 5.12. The molecule has 0 saturated heterocycles. The van der Waals surface area contributed by atoms with Gasteiger partial charge in [-0.3, -0.25) is 10.2 Å². The Morgan fingerprint density at radius 2 is 1.94 bits per heavy atom. The average Bonchev–Trinajstić information content (AvgIpc) is 3.23. The van der Waals surface area contributed by atoms with Crippen LogP contribution >= 0.6 is 11.8 Å². The summed E-state index contributed by atoms with van der Waals surface area (Å²) in [5, 5.41) is 13.4. The largest absolute Gasteiger partial charge is 0.423 e. The molecule has 0 spiro atoms. The number of aliphatic imine (C=N–C) groups is 1. The smallest absolute Gasteiger partial charge is 0.343 e. The fourth-order valence-electron chi connectivity index (χ4n) is 2.96. The first-order valence-electron chi connectivity index (χ1n) is 9.80. The molecule has 33 heavy (non-hydrogen) atoms. The lowest BCUT2D eigenvalue weighted by molar-refractivity contribution is -0.114. The standard InChI is InChI=1S/C22H18N4O5S2/c1-3-33(29,30)22-25-26-18(23)17(19(27)24-21(26)32-22)12-14-7-9-16(10-8-14)31-20(28)15-6-4-5-13(2)11-15/h4-12,23H,3H2,1-2H3/b17-12+,23-18?. The van der Waals surface area contributed by atoms with Crippen LogP contribution in [0.15, 0.2) is 64.2 Å². The number of sulfone groups is 1. The molecular formula is C22H18N4O5S2. The maximum absolute atomic E-state index is 12.5. The fraction of sp³-hybridized carbons (Fsp3) is 0.136. The molecule has 0 bridgehead atoms. The molecule has 2 aliphatic heterocycles. The zero-order chi connectivity index (χ0) is 23.8. The van der Waals surface area contributed by atoms with Gasteiger partial charge in [0.25, 0.3) is 5.91 Å². The van der Waals surface area contributed by atoms with Crippen molar-refractivity contribution in [1.82, 2.24) is 5.01 Å². The summed E-state index contributed by atoms with van der Waals surface area (Å²) in [7, 11) is -3.59. The molecule has 4 rings (SSSR count). The molecule has 2 aromatic carbocycles. The lowest BCUT2D eigenvalue weighted by atomic mass is 10.1. The zero-order valence-electron chi connectivity index (χ0n) is 17.6. The highest BCUT2D eigenvalue weighted by molar-refractivity contribution is 8.42. The number of aryl methyl sites for hydroxylation is 1. The van der Waals surface area contributed by atoms with Crippen LogP contribution in [0.25, 0.3) is 6.08 Å². The highest BCUT2D eigenvalue weighted by atomic mass is 32.3. The van der Waals surface area contributed by atoms with Crippen molar-refractivity contribution in [1.29, 1.82) is 5.41 Å². The number of hydrogen-bond donors (Lipinski definition) is 1. The molecule has 0 aliphatic carbocycles. The number of nitrogens with one attached hydrogen (secondary N) is 1. The number of ether oxygens (including phenoxy) is 1. The summed E-state index contributed by atoms with van der Waals surface area (Å²) in [4.78, 5) is 28.6. The van der Waals surface area contributed by atoms with Crippen molar-refractivity contribution in [3.63, 3.8) is 0 Å². The summed E-state index contributed by atoms with van der Waals surface area (Å²) in [6.07, 6.45) is 1.45. The number of thioether (sulfide) groups is 1. The minimum absolute atomic E-state index is 0.0348. The lowest BCUT2D eigenvalue weighted by Gasteiger charge is -2.20. The monoisotopic (exact) mass is 482 g/mol. The van der Waals surface area contributed by atoms with Crippen molar-refractivity contribution in [3.8, 4) is 5.75 Å². The average molecular weight is 483 g/mol. The predicted octanol–water partition coefficient (Wildman–Crippen LogP) is 3.23. The normalized spacial score (nSPS) is 17.0. The maximum Gasteiger partial charge on any atom is 0.343 e. The predicted molar refractivity (Wildman–Crippen MR) is 127 cm³/mol. The number of carbonyl (C=O) groups excluding carboxylic acids is 2. The van der Waals surface area contributed by atoms with Crippen LogP contribution in [-0.2, 0) is 14.6 Å². The van der Waals surface area contributed by atoms with E-state index in [9.17, 15) is 18.0 Å². The zero-order valence-corrected chi connectivity index (χ0v) is 19.2. The van der Waals surface area contributed by atoms with Gasteiger partial charge >= 0.3 is 5.97 Å². The number of esters is 1. The van der Waals surface area contributed by atoms with Crippen molar-refractivity contribution in [2.24, 2.45) is 10.1 Å². The third-order valence-electron chi connectivity index (χ3n) is 4.74. The van der Waals surface area contributed by atoms with Gasteiger partial charge in [0.05, 0.1) is 16.9 Å². The summed E-state index contributed by atoms with van der Waals surface area (Å²) >= 11 is 0.749. The topological polar surface area (TPSA) is 129 Å². The van der Waals surface area contributed by atoms with Gasteiger partial charge < -0.3 is 4.74 Å². The highest BCUT2D eigenvalue weighted by Crippen LogP contribution is 2.30. The molecular weight excluding hydrogens is 464 g/mol. The van der Waals surface area contributed by atoms with Gasteiger partial charge in [-0.2, -0.15) is 10.0 Å². The van der Waals surface area contributed by atoms with E-state index in [0.29, 0.717) is 16.9 Å². The van der Waals surface area contributed by atoms with Gasteiger partial charge in [0.2, 0.25) is 19.4 Å². The number of fused-ring (bicyclic) bond motifs is 1. The third kappa shape index (κ3) is 4.64. The number of benzene rings is 2. The van der Waals surface area contributed by atoms with Crippen LogP contribution < -0.4 is 4.74 Å². The van der Waals surface area contributed by atoms with Crippen molar-refractivity contribution in [2.75, 3.05) is 5.75 Å². The van der Waals surface area contributed by atoms with E-state index in [1.54, 1.807) is 42.5 Å². The Hall–Kier alpha value is -3.57. The number of hydrazone groups is 1. The minimum Gasteiger partial charge on any atom is -0.423 e. The van der Waals surface area contributed by atoms with E-state index in [1.807, 2.05) is 13.0 Å². The molecule has 2 heterocycles. The Labute approximate surface area is 194 Å². The molecule has 1 amide bonds. The van der Waals surface area contributed by atoms with Crippen molar-refractivity contribution < 1.29 is 22.7 Å². The number of carbonyl (C=O) groups is 2. The van der Waals surface area contributed by atoms with Crippen molar-refractivity contribution >= 4 is 54.9 Å². The summed E-state index contributed by atoms with van der Waals surface area (Å²) in [6.45, 7) is 3.37. The van der Waals surface area contributed by atoms with E-state index in [4.69, 9.17) is 10.1 Å². The molecule has 0 fully saturated rings. The Morgan fingerprint density at radius 3 is 2.61 bits per heavy atom. The van der Waals surface area contributed by atoms with Gasteiger partial charge in [0.15, 0.2) is 5.84 Å². The quantitative estimate of drug-likeness (QED) is 0.402. The number of rotatable bonds is 4. The molecule has 0 unspecified atom stereocenters. The first-order valence-corrected chi connectivity index (χ1v) is 12.3. The molecule has 1 N–H and O–H groups in total.